The molecule has 106 valence electrons. The highest BCUT2D eigenvalue weighted by Crippen LogP contribution is 2.23. The van der Waals surface area contributed by atoms with Crippen molar-refractivity contribution >= 4 is 5.91 Å². The lowest BCUT2D eigenvalue weighted by atomic mass is 9.96. The first kappa shape index (κ1) is 15.5. The van der Waals surface area contributed by atoms with Gasteiger partial charge in [0.15, 0.2) is 0 Å². The van der Waals surface area contributed by atoms with Gasteiger partial charge in [0.25, 0.3) is 0 Å². The quantitative estimate of drug-likeness (QED) is 0.792. The summed E-state index contributed by atoms with van der Waals surface area (Å²) in [5.74, 6) is 1.34. The van der Waals surface area contributed by atoms with E-state index in [1.165, 1.54) is 32.1 Å². The van der Waals surface area contributed by atoms with Crippen LogP contribution in [-0.2, 0) is 4.79 Å². The van der Waals surface area contributed by atoms with E-state index in [1.807, 2.05) is 6.92 Å². The van der Waals surface area contributed by atoms with Crippen LogP contribution in [0.1, 0.15) is 58.8 Å². The van der Waals surface area contributed by atoms with Gasteiger partial charge in [0.2, 0.25) is 5.91 Å². The third-order valence-electron chi connectivity index (χ3n) is 4.12. The van der Waals surface area contributed by atoms with Crippen molar-refractivity contribution in [1.82, 2.24) is 4.90 Å². The molecule has 18 heavy (non-hydrogen) atoms. The molecule has 1 amide bonds. The topological polar surface area (TPSA) is 46.3 Å². The highest BCUT2D eigenvalue weighted by atomic mass is 16.2. The smallest absolute Gasteiger partial charge is 0.225 e. The number of carbonyl (C=O) groups excluding carboxylic acids is 1. The Hall–Kier alpha value is -0.570. The molecule has 1 aliphatic heterocycles. The van der Waals surface area contributed by atoms with Crippen LogP contribution in [-0.4, -0.2) is 30.4 Å². The lowest BCUT2D eigenvalue weighted by Gasteiger charge is -2.24. The Kier molecular flexibility index (Phi) is 7.33. The zero-order chi connectivity index (χ0) is 13.4. The third kappa shape index (κ3) is 4.97. The number of amides is 1. The lowest BCUT2D eigenvalue weighted by molar-refractivity contribution is -0.135. The molecule has 0 bridgehead atoms. The average Bonchev–Trinajstić information content (AvgIpc) is 2.61. The monoisotopic (exact) mass is 254 g/mol. The van der Waals surface area contributed by atoms with Crippen LogP contribution in [0.4, 0.5) is 0 Å². The second-order valence-corrected chi connectivity index (χ2v) is 5.74. The largest absolute Gasteiger partial charge is 0.342 e. The molecule has 2 atom stereocenters. The average molecular weight is 254 g/mol. The highest BCUT2D eigenvalue weighted by molar-refractivity contribution is 5.78. The molecule has 0 aliphatic carbocycles. The summed E-state index contributed by atoms with van der Waals surface area (Å²) < 4.78 is 0. The molecule has 0 saturated carbocycles. The Labute approximate surface area is 112 Å². The molecular formula is C15H30N2O. The number of nitrogens with zero attached hydrogens (tertiary/aromatic N) is 1. The van der Waals surface area contributed by atoms with Crippen LogP contribution in [0.2, 0.25) is 0 Å². The van der Waals surface area contributed by atoms with Gasteiger partial charge in [-0.2, -0.15) is 0 Å². The van der Waals surface area contributed by atoms with Crippen LogP contribution in [0.15, 0.2) is 0 Å². The summed E-state index contributed by atoms with van der Waals surface area (Å²) >= 11 is 0. The molecule has 2 N–H and O–H groups in total. The molecule has 0 aromatic rings. The Morgan fingerprint density at radius 1 is 1.39 bits per heavy atom. The van der Waals surface area contributed by atoms with E-state index in [4.69, 9.17) is 5.73 Å². The molecule has 3 nitrogen and oxygen atoms in total. The summed E-state index contributed by atoms with van der Waals surface area (Å²) in [6.07, 6.45) is 8.16. The van der Waals surface area contributed by atoms with E-state index in [9.17, 15) is 4.79 Å². The van der Waals surface area contributed by atoms with Crippen molar-refractivity contribution in [3.05, 3.63) is 0 Å². The molecule has 0 aromatic carbocycles. The van der Waals surface area contributed by atoms with Gasteiger partial charge in [-0.1, -0.05) is 26.7 Å². The van der Waals surface area contributed by atoms with E-state index in [2.05, 4.69) is 11.8 Å². The van der Waals surface area contributed by atoms with Crippen LogP contribution in [0, 0.1) is 11.8 Å². The molecule has 1 aliphatic rings. The third-order valence-corrected chi connectivity index (χ3v) is 4.12. The van der Waals surface area contributed by atoms with E-state index < -0.39 is 0 Å². The highest BCUT2D eigenvalue weighted by Gasteiger charge is 2.23. The zero-order valence-electron chi connectivity index (χ0n) is 12.2. The minimum absolute atomic E-state index is 0.149. The van der Waals surface area contributed by atoms with Crippen molar-refractivity contribution in [2.45, 2.75) is 58.8 Å². The van der Waals surface area contributed by atoms with Gasteiger partial charge < -0.3 is 10.6 Å². The summed E-state index contributed by atoms with van der Waals surface area (Å²) in [7, 11) is 0. The van der Waals surface area contributed by atoms with Crippen molar-refractivity contribution < 1.29 is 4.79 Å². The second kappa shape index (κ2) is 8.52. The molecule has 1 heterocycles. The number of rotatable bonds is 6. The van der Waals surface area contributed by atoms with Crippen LogP contribution >= 0.6 is 0 Å². The first-order valence-electron chi connectivity index (χ1n) is 7.67. The van der Waals surface area contributed by atoms with Gasteiger partial charge in [0, 0.05) is 19.0 Å². The molecule has 2 unspecified atom stereocenters. The van der Waals surface area contributed by atoms with Gasteiger partial charge >= 0.3 is 0 Å². The Morgan fingerprint density at radius 2 is 2.17 bits per heavy atom. The van der Waals surface area contributed by atoms with Crippen LogP contribution < -0.4 is 5.73 Å². The number of carbonyl (C=O) groups is 1. The summed E-state index contributed by atoms with van der Waals surface area (Å²) in [6, 6.07) is 0. The maximum absolute atomic E-state index is 12.3. The fourth-order valence-electron chi connectivity index (χ4n) is 2.94. The predicted molar refractivity (Wildman–Crippen MR) is 76.3 cm³/mol. The minimum Gasteiger partial charge on any atom is -0.342 e. The van der Waals surface area contributed by atoms with Gasteiger partial charge in [-0.25, -0.2) is 0 Å². The normalized spacial score (nSPS) is 22.6. The van der Waals surface area contributed by atoms with Gasteiger partial charge in [-0.15, -0.1) is 0 Å². The zero-order valence-corrected chi connectivity index (χ0v) is 12.2. The van der Waals surface area contributed by atoms with Gasteiger partial charge in [0.05, 0.1) is 0 Å². The maximum Gasteiger partial charge on any atom is 0.225 e. The second-order valence-electron chi connectivity index (χ2n) is 5.74. The number of nitrogens with two attached hydrogens (primary N) is 1. The van der Waals surface area contributed by atoms with Crippen molar-refractivity contribution in [3.8, 4) is 0 Å². The maximum atomic E-state index is 12.3. The Bertz CT molecular complexity index is 243. The summed E-state index contributed by atoms with van der Waals surface area (Å²) in [5.41, 5.74) is 5.51. The summed E-state index contributed by atoms with van der Waals surface area (Å²) in [6.45, 7) is 6.92. The standard InChI is InChI=1S/C15H30N2O/c1-3-6-14-8-5-11-17(12-9-14)15(18)13(2)7-4-10-16/h13-14H,3-12,16H2,1-2H3. The van der Waals surface area contributed by atoms with Crippen LogP contribution in [0.5, 0.6) is 0 Å². The van der Waals surface area contributed by atoms with Crippen molar-refractivity contribution in [2.75, 3.05) is 19.6 Å². The molecule has 0 aromatic heterocycles. The molecular weight excluding hydrogens is 224 g/mol. The Balaban J connectivity index is 2.39. The van der Waals surface area contributed by atoms with Crippen molar-refractivity contribution in [2.24, 2.45) is 17.6 Å². The SMILES string of the molecule is CCCC1CCCN(C(=O)C(C)CCCN)CC1. The Morgan fingerprint density at radius 3 is 2.83 bits per heavy atom. The van der Waals surface area contributed by atoms with E-state index in [0.29, 0.717) is 12.5 Å². The van der Waals surface area contributed by atoms with E-state index >= 15 is 0 Å². The number of likely N-dealkylation sites (tertiary alicyclic amines) is 1. The van der Waals surface area contributed by atoms with E-state index in [0.717, 1.165) is 31.8 Å². The van der Waals surface area contributed by atoms with Crippen molar-refractivity contribution in [1.29, 1.82) is 0 Å². The fourth-order valence-corrected chi connectivity index (χ4v) is 2.94. The predicted octanol–water partition coefficient (Wildman–Crippen LogP) is 2.79. The lowest BCUT2D eigenvalue weighted by Crippen LogP contribution is -2.36. The molecule has 0 radical (unpaired) electrons. The fraction of sp³-hybridized carbons (Fsp3) is 0.933. The van der Waals surface area contributed by atoms with Crippen LogP contribution in [0.25, 0.3) is 0 Å². The first-order valence-corrected chi connectivity index (χ1v) is 7.67. The molecule has 0 spiro atoms. The summed E-state index contributed by atoms with van der Waals surface area (Å²) in [5, 5.41) is 0. The van der Waals surface area contributed by atoms with Gasteiger partial charge in [-0.3, -0.25) is 4.79 Å². The summed E-state index contributed by atoms with van der Waals surface area (Å²) in [4.78, 5) is 14.4. The van der Waals surface area contributed by atoms with E-state index in [-0.39, 0.29) is 5.92 Å². The number of hydrogen-bond donors (Lipinski definition) is 1. The molecule has 1 rings (SSSR count). The van der Waals surface area contributed by atoms with Crippen LogP contribution in [0.3, 0.4) is 0 Å². The molecule has 1 fully saturated rings. The van der Waals surface area contributed by atoms with Gasteiger partial charge in [0.1, 0.15) is 0 Å². The minimum atomic E-state index is 0.149. The number of hydrogen-bond acceptors (Lipinski definition) is 2. The first-order chi connectivity index (χ1) is 8.69. The molecule has 1 saturated heterocycles. The van der Waals surface area contributed by atoms with Gasteiger partial charge in [-0.05, 0) is 44.6 Å². The van der Waals surface area contributed by atoms with Crippen molar-refractivity contribution in [3.63, 3.8) is 0 Å². The van der Waals surface area contributed by atoms with E-state index in [1.54, 1.807) is 0 Å². The molecule has 3 heteroatoms.